The van der Waals surface area contributed by atoms with Crippen LogP contribution < -0.4 is 10.6 Å². The van der Waals surface area contributed by atoms with Gasteiger partial charge >= 0.3 is 0 Å². The summed E-state index contributed by atoms with van der Waals surface area (Å²) in [4.78, 5) is 2.41. The first kappa shape index (κ1) is 12.8. The smallest absolute Gasteiger partial charge is 0.101 e. The van der Waals surface area contributed by atoms with E-state index in [-0.39, 0.29) is 0 Å². The van der Waals surface area contributed by atoms with E-state index in [4.69, 9.17) is 11.0 Å². The van der Waals surface area contributed by atoms with Crippen molar-refractivity contribution in [3.05, 3.63) is 23.8 Å². The minimum Gasteiger partial charge on any atom is -0.398 e. The van der Waals surface area contributed by atoms with Crippen LogP contribution in [0.5, 0.6) is 0 Å². The molecule has 1 aromatic carbocycles. The fraction of sp³-hybridized carbons (Fsp3) is 0.533. The summed E-state index contributed by atoms with van der Waals surface area (Å²) >= 11 is 0. The molecular formula is C15H21N3. The number of nitrogens with two attached hydrogens (primary N) is 1. The van der Waals surface area contributed by atoms with E-state index in [2.05, 4.69) is 31.7 Å². The normalized spacial score (nSPS) is 27.9. The van der Waals surface area contributed by atoms with E-state index in [0.29, 0.717) is 29.1 Å². The quantitative estimate of drug-likeness (QED) is 0.771. The molecule has 18 heavy (non-hydrogen) atoms. The van der Waals surface area contributed by atoms with Crippen LogP contribution in [-0.2, 0) is 0 Å². The van der Waals surface area contributed by atoms with Crippen LogP contribution in [0.15, 0.2) is 18.2 Å². The van der Waals surface area contributed by atoms with Gasteiger partial charge in [0.2, 0.25) is 0 Å². The Morgan fingerprint density at radius 1 is 1.33 bits per heavy atom. The SMILES string of the molecule is CC1CC(C)C(C)N(c2ccc(C#N)c(N)c2)C1. The molecule has 3 unspecified atom stereocenters. The monoisotopic (exact) mass is 243 g/mol. The molecule has 2 rings (SSSR count). The summed E-state index contributed by atoms with van der Waals surface area (Å²) in [5.74, 6) is 1.39. The third-order valence-corrected chi connectivity index (χ3v) is 4.08. The molecule has 0 radical (unpaired) electrons. The Balaban J connectivity index is 2.30. The summed E-state index contributed by atoms with van der Waals surface area (Å²) in [5, 5.41) is 8.91. The second kappa shape index (κ2) is 4.89. The molecule has 96 valence electrons. The summed E-state index contributed by atoms with van der Waals surface area (Å²) in [6, 6.07) is 8.39. The minimum atomic E-state index is 0.522. The maximum Gasteiger partial charge on any atom is 0.101 e. The number of piperidine rings is 1. The Hall–Kier alpha value is -1.69. The molecule has 1 saturated heterocycles. The van der Waals surface area contributed by atoms with Crippen molar-refractivity contribution in [3.63, 3.8) is 0 Å². The number of hydrogen-bond donors (Lipinski definition) is 1. The summed E-state index contributed by atoms with van der Waals surface area (Å²) in [6.07, 6.45) is 1.28. The Labute approximate surface area is 109 Å². The lowest BCUT2D eigenvalue weighted by Gasteiger charge is -2.42. The zero-order valence-electron chi connectivity index (χ0n) is 11.4. The minimum absolute atomic E-state index is 0.522. The fourth-order valence-electron chi connectivity index (χ4n) is 2.89. The maximum absolute atomic E-state index is 8.91. The molecule has 0 saturated carbocycles. The average Bonchev–Trinajstić information content (AvgIpc) is 2.33. The molecule has 3 atom stereocenters. The predicted octanol–water partition coefficient (Wildman–Crippen LogP) is 3.01. The number of hydrogen-bond acceptors (Lipinski definition) is 3. The van der Waals surface area contributed by atoms with Crippen LogP contribution in [0.1, 0.15) is 32.8 Å². The molecule has 0 spiro atoms. The number of anilines is 2. The molecule has 1 aliphatic heterocycles. The lowest BCUT2D eigenvalue weighted by atomic mass is 9.85. The summed E-state index contributed by atoms with van der Waals surface area (Å²) in [5.41, 5.74) is 8.18. The summed E-state index contributed by atoms with van der Waals surface area (Å²) < 4.78 is 0. The van der Waals surface area contributed by atoms with Crippen LogP contribution >= 0.6 is 0 Å². The molecule has 0 bridgehead atoms. The van der Waals surface area contributed by atoms with Crippen molar-refractivity contribution < 1.29 is 0 Å². The van der Waals surface area contributed by atoms with Gasteiger partial charge in [-0.3, -0.25) is 0 Å². The van der Waals surface area contributed by atoms with Gasteiger partial charge in [-0.15, -0.1) is 0 Å². The average molecular weight is 243 g/mol. The van der Waals surface area contributed by atoms with Gasteiger partial charge in [0.05, 0.1) is 11.3 Å². The van der Waals surface area contributed by atoms with E-state index in [9.17, 15) is 0 Å². The lowest BCUT2D eigenvalue weighted by molar-refractivity contribution is 0.297. The van der Waals surface area contributed by atoms with Gasteiger partial charge in [-0.25, -0.2) is 0 Å². The number of nitrogens with zero attached hydrogens (tertiary/aromatic N) is 2. The Morgan fingerprint density at radius 2 is 2.06 bits per heavy atom. The Morgan fingerprint density at radius 3 is 2.67 bits per heavy atom. The van der Waals surface area contributed by atoms with Gasteiger partial charge in [0, 0.05) is 18.3 Å². The molecule has 0 aromatic heterocycles. The van der Waals surface area contributed by atoms with Crippen molar-refractivity contribution in [1.29, 1.82) is 5.26 Å². The van der Waals surface area contributed by atoms with Gasteiger partial charge in [0.25, 0.3) is 0 Å². The molecule has 1 heterocycles. The molecule has 1 aliphatic rings. The molecule has 3 nitrogen and oxygen atoms in total. The van der Waals surface area contributed by atoms with Gasteiger partial charge in [0.1, 0.15) is 6.07 Å². The standard InChI is InChI=1S/C15H21N3/c1-10-6-11(2)12(3)18(9-10)14-5-4-13(8-16)15(17)7-14/h4-5,7,10-12H,6,9,17H2,1-3H3. The first-order chi connectivity index (χ1) is 8.52. The van der Waals surface area contributed by atoms with Crippen molar-refractivity contribution >= 4 is 11.4 Å². The second-order valence-corrected chi connectivity index (χ2v) is 5.59. The Bertz CT molecular complexity index is 475. The highest BCUT2D eigenvalue weighted by Crippen LogP contribution is 2.32. The van der Waals surface area contributed by atoms with E-state index < -0.39 is 0 Å². The zero-order valence-corrected chi connectivity index (χ0v) is 11.4. The fourth-order valence-corrected chi connectivity index (χ4v) is 2.89. The third-order valence-electron chi connectivity index (χ3n) is 4.08. The van der Waals surface area contributed by atoms with Crippen molar-refractivity contribution in [2.75, 3.05) is 17.2 Å². The molecule has 1 aromatic rings. The van der Waals surface area contributed by atoms with Gasteiger partial charge in [-0.1, -0.05) is 13.8 Å². The van der Waals surface area contributed by atoms with Crippen LogP contribution in [-0.4, -0.2) is 12.6 Å². The van der Waals surface area contributed by atoms with Crippen LogP contribution in [0.4, 0.5) is 11.4 Å². The van der Waals surface area contributed by atoms with Gasteiger partial charge < -0.3 is 10.6 Å². The number of nitriles is 1. The molecule has 2 N–H and O–H groups in total. The number of nitrogen functional groups attached to an aromatic ring is 1. The summed E-state index contributed by atoms with van der Waals surface area (Å²) in [6.45, 7) is 7.94. The molecule has 0 aliphatic carbocycles. The third kappa shape index (κ3) is 2.28. The van der Waals surface area contributed by atoms with Gasteiger partial charge in [0.15, 0.2) is 0 Å². The van der Waals surface area contributed by atoms with E-state index in [1.165, 1.54) is 6.42 Å². The highest BCUT2D eigenvalue weighted by atomic mass is 15.2. The van der Waals surface area contributed by atoms with Crippen LogP contribution in [0.2, 0.25) is 0 Å². The van der Waals surface area contributed by atoms with E-state index in [0.717, 1.165) is 12.2 Å². The van der Waals surface area contributed by atoms with Gasteiger partial charge in [-0.05, 0) is 43.4 Å². The van der Waals surface area contributed by atoms with Crippen LogP contribution in [0.25, 0.3) is 0 Å². The van der Waals surface area contributed by atoms with E-state index >= 15 is 0 Å². The summed E-state index contributed by atoms with van der Waals surface area (Å²) in [7, 11) is 0. The predicted molar refractivity (Wildman–Crippen MR) is 75.3 cm³/mol. The van der Waals surface area contributed by atoms with Gasteiger partial charge in [-0.2, -0.15) is 5.26 Å². The van der Waals surface area contributed by atoms with E-state index in [1.807, 2.05) is 18.2 Å². The lowest BCUT2D eigenvalue weighted by Crippen LogP contribution is -2.45. The number of benzene rings is 1. The topological polar surface area (TPSA) is 53.0 Å². The van der Waals surface area contributed by atoms with Crippen molar-refractivity contribution in [2.45, 2.75) is 33.2 Å². The molecule has 3 heteroatoms. The van der Waals surface area contributed by atoms with E-state index in [1.54, 1.807) is 0 Å². The zero-order chi connectivity index (χ0) is 13.3. The van der Waals surface area contributed by atoms with Crippen LogP contribution in [0.3, 0.4) is 0 Å². The molecule has 1 fully saturated rings. The van der Waals surface area contributed by atoms with Crippen molar-refractivity contribution in [3.8, 4) is 6.07 Å². The highest BCUT2D eigenvalue weighted by Gasteiger charge is 2.28. The molecule has 0 amide bonds. The largest absolute Gasteiger partial charge is 0.398 e. The number of rotatable bonds is 1. The highest BCUT2D eigenvalue weighted by molar-refractivity contribution is 5.64. The Kier molecular flexibility index (Phi) is 3.47. The second-order valence-electron chi connectivity index (χ2n) is 5.59. The van der Waals surface area contributed by atoms with Crippen molar-refractivity contribution in [2.24, 2.45) is 11.8 Å². The van der Waals surface area contributed by atoms with Crippen molar-refractivity contribution in [1.82, 2.24) is 0 Å². The first-order valence-corrected chi connectivity index (χ1v) is 6.59. The maximum atomic E-state index is 8.91. The van der Waals surface area contributed by atoms with Crippen LogP contribution in [0, 0.1) is 23.2 Å². The first-order valence-electron chi connectivity index (χ1n) is 6.59. The molecular weight excluding hydrogens is 222 g/mol.